The molecule has 0 amide bonds. The molecular weight excluding hydrogens is 220 g/mol. The van der Waals surface area contributed by atoms with Gasteiger partial charge in [0.25, 0.3) is 0 Å². The number of aryl methyl sites for hydroxylation is 1. The van der Waals surface area contributed by atoms with Gasteiger partial charge in [0.1, 0.15) is 0 Å². The first-order valence-electron chi connectivity index (χ1n) is 6.84. The van der Waals surface area contributed by atoms with Crippen LogP contribution in [-0.4, -0.2) is 25.7 Å². The minimum Gasteiger partial charge on any atom is -0.314 e. The molecule has 18 heavy (non-hydrogen) atoms. The number of fused-ring (bicyclic) bond motifs is 1. The van der Waals surface area contributed by atoms with E-state index in [1.165, 1.54) is 22.8 Å². The molecule has 0 spiro atoms. The van der Waals surface area contributed by atoms with Gasteiger partial charge >= 0.3 is 0 Å². The van der Waals surface area contributed by atoms with E-state index in [1.54, 1.807) is 0 Å². The Bertz CT molecular complexity index is 510. The fourth-order valence-corrected chi connectivity index (χ4v) is 2.76. The molecule has 1 aliphatic rings. The highest BCUT2D eigenvalue weighted by Crippen LogP contribution is 2.20. The number of hydrogen-bond donors (Lipinski definition) is 2. The highest BCUT2D eigenvalue weighted by atomic mass is 15.0. The maximum atomic E-state index is 3.57. The van der Waals surface area contributed by atoms with Gasteiger partial charge in [0.05, 0.1) is 0 Å². The molecule has 0 unspecified atom stereocenters. The molecule has 1 aliphatic heterocycles. The van der Waals surface area contributed by atoms with Crippen molar-refractivity contribution < 1.29 is 0 Å². The van der Waals surface area contributed by atoms with Crippen LogP contribution in [0.2, 0.25) is 0 Å². The Kier molecular flexibility index (Phi) is 3.58. The Morgan fingerprint density at radius 3 is 2.78 bits per heavy atom. The van der Waals surface area contributed by atoms with Gasteiger partial charge in [-0.2, -0.15) is 0 Å². The van der Waals surface area contributed by atoms with Gasteiger partial charge in [0, 0.05) is 25.7 Å². The van der Waals surface area contributed by atoms with Gasteiger partial charge < -0.3 is 10.6 Å². The number of nitrogens with one attached hydrogen (secondary N) is 2. The van der Waals surface area contributed by atoms with E-state index < -0.39 is 0 Å². The van der Waals surface area contributed by atoms with Gasteiger partial charge in [0.2, 0.25) is 0 Å². The summed E-state index contributed by atoms with van der Waals surface area (Å²) in [5, 5.41) is 9.78. The van der Waals surface area contributed by atoms with Crippen molar-refractivity contribution in [1.29, 1.82) is 0 Å². The molecule has 1 atom stereocenters. The topological polar surface area (TPSA) is 24.1 Å². The lowest BCUT2D eigenvalue weighted by Crippen LogP contribution is -2.48. The van der Waals surface area contributed by atoms with Gasteiger partial charge in [-0.3, -0.25) is 0 Å². The zero-order valence-corrected chi connectivity index (χ0v) is 10.7. The molecule has 1 fully saturated rings. The van der Waals surface area contributed by atoms with Crippen molar-refractivity contribution in [3.05, 3.63) is 48.0 Å². The summed E-state index contributed by atoms with van der Waals surface area (Å²) in [6.07, 6.45) is 2.36. The van der Waals surface area contributed by atoms with Gasteiger partial charge in [-0.15, -0.1) is 0 Å². The van der Waals surface area contributed by atoms with Crippen LogP contribution in [0.4, 0.5) is 0 Å². The first kappa shape index (κ1) is 11.7. The Balaban J connectivity index is 1.74. The minimum absolute atomic E-state index is 0.623. The zero-order chi connectivity index (χ0) is 12.2. The largest absolute Gasteiger partial charge is 0.314 e. The summed E-state index contributed by atoms with van der Waals surface area (Å²) in [6.45, 7) is 3.30. The second-order valence-corrected chi connectivity index (χ2v) is 5.03. The summed E-state index contributed by atoms with van der Waals surface area (Å²) in [6, 6.07) is 15.9. The molecular formula is C16H20N2. The quantitative estimate of drug-likeness (QED) is 0.860. The first-order chi connectivity index (χ1) is 8.93. The van der Waals surface area contributed by atoms with E-state index in [0.717, 1.165) is 26.1 Å². The lowest BCUT2D eigenvalue weighted by Gasteiger charge is -2.24. The molecule has 0 radical (unpaired) electrons. The van der Waals surface area contributed by atoms with E-state index in [9.17, 15) is 0 Å². The van der Waals surface area contributed by atoms with Crippen molar-refractivity contribution in [2.75, 3.05) is 19.6 Å². The van der Waals surface area contributed by atoms with Crippen molar-refractivity contribution in [2.24, 2.45) is 0 Å². The first-order valence-corrected chi connectivity index (χ1v) is 6.84. The lowest BCUT2D eigenvalue weighted by atomic mass is 9.98. The average molecular weight is 240 g/mol. The molecule has 2 heteroatoms. The van der Waals surface area contributed by atoms with Crippen LogP contribution in [0.25, 0.3) is 10.8 Å². The summed E-state index contributed by atoms with van der Waals surface area (Å²) in [4.78, 5) is 0. The predicted octanol–water partition coefficient (Wildman–Crippen LogP) is 2.33. The SMILES string of the molecule is c1ccc2c(CC[C@H]3CNCCN3)cccc2c1. The fourth-order valence-electron chi connectivity index (χ4n) is 2.76. The third-order valence-corrected chi connectivity index (χ3v) is 3.77. The van der Waals surface area contributed by atoms with Crippen molar-refractivity contribution in [1.82, 2.24) is 10.6 Å². The maximum Gasteiger partial charge on any atom is 0.0196 e. The maximum absolute atomic E-state index is 3.57. The Labute approximate surface area is 108 Å². The Hall–Kier alpha value is -1.38. The monoisotopic (exact) mass is 240 g/mol. The van der Waals surface area contributed by atoms with Crippen LogP contribution in [0.15, 0.2) is 42.5 Å². The van der Waals surface area contributed by atoms with Crippen LogP contribution in [0.3, 0.4) is 0 Å². The smallest absolute Gasteiger partial charge is 0.0196 e. The second-order valence-electron chi connectivity index (χ2n) is 5.03. The molecule has 1 saturated heterocycles. The van der Waals surface area contributed by atoms with Crippen LogP contribution in [-0.2, 0) is 6.42 Å². The molecule has 94 valence electrons. The molecule has 0 aromatic heterocycles. The summed E-state index contributed by atoms with van der Waals surface area (Å²) in [5.41, 5.74) is 1.47. The molecule has 0 aliphatic carbocycles. The molecule has 1 heterocycles. The molecule has 0 saturated carbocycles. The highest BCUT2D eigenvalue weighted by molar-refractivity contribution is 5.85. The van der Waals surface area contributed by atoms with E-state index in [0.29, 0.717) is 6.04 Å². The zero-order valence-electron chi connectivity index (χ0n) is 10.7. The summed E-state index contributed by atoms with van der Waals surface area (Å²) < 4.78 is 0. The van der Waals surface area contributed by atoms with Crippen LogP contribution in [0.5, 0.6) is 0 Å². The number of rotatable bonds is 3. The molecule has 2 N–H and O–H groups in total. The number of hydrogen-bond acceptors (Lipinski definition) is 2. The number of piperazine rings is 1. The molecule has 0 bridgehead atoms. The second kappa shape index (κ2) is 5.51. The Morgan fingerprint density at radius 1 is 1.00 bits per heavy atom. The van der Waals surface area contributed by atoms with Crippen LogP contribution in [0, 0.1) is 0 Å². The van der Waals surface area contributed by atoms with E-state index in [4.69, 9.17) is 0 Å². The van der Waals surface area contributed by atoms with Crippen LogP contribution < -0.4 is 10.6 Å². The fraction of sp³-hybridized carbons (Fsp3) is 0.375. The summed E-state index contributed by atoms with van der Waals surface area (Å²) in [7, 11) is 0. The summed E-state index contributed by atoms with van der Waals surface area (Å²) in [5.74, 6) is 0. The van der Waals surface area contributed by atoms with Crippen molar-refractivity contribution in [2.45, 2.75) is 18.9 Å². The van der Waals surface area contributed by atoms with E-state index in [1.807, 2.05) is 0 Å². The Morgan fingerprint density at radius 2 is 1.89 bits per heavy atom. The average Bonchev–Trinajstić information content (AvgIpc) is 2.46. The third-order valence-electron chi connectivity index (χ3n) is 3.77. The van der Waals surface area contributed by atoms with Crippen molar-refractivity contribution >= 4 is 10.8 Å². The van der Waals surface area contributed by atoms with Gasteiger partial charge in [-0.05, 0) is 29.2 Å². The molecule has 2 aromatic rings. The van der Waals surface area contributed by atoms with Crippen LogP contribution >= 0.6 is 0 Å². The van der Waals surface area contributed by atoms with Gasteiger partial charge in [0.15, 0.2) is 0 Å². The predicted molar refractivity (Wildman–Crippen MR) is 76.9 cm³/mol. The molecule has 2 aromatic carbocycles. The highest BCUT2D eigenvalue weighted by Gasteiger charge is 2.12. The lowest BCUT2D eigenvalue weighted by molar-refractivity contribution is 0.400. The normalized spacial score (nSPS) is 20.1. The van der Waals surface area contributed by atoms with Crippen molar-refractivity contribution in [3.8, 4) is 0 Å². The summed E-state index contributed by atoms with van der Waals surface area (Å²) >= 11 is 0. The van der Waals surface area contributed by atoms with Gasteiger partial charge in [-0.25, -0.2) is 0 Å². The van der Waals surface area contributed by atoms with Crippen molar-refractivity contribution in [3.63, 3.8) is 0 Å². The van der Waals surface area contributed by atoms with E-state index >= 15 is 0 Å². The third kappa shape index (κ3) is 2.55. The van der Waals surface area contributed by atoms with E-state index in [2.05, 4.69) is 53.1 Å². The number of benzene rings is 2. The van der Waals surface area contributed by atoms with Crippen LogP contribution in [0.1, 0.15) is 12.0 Å². The minimum atomic E-state index is 0.623. The van der Waals surface area contributed by atoms with Gasteiger partial charge in [-0.1, -0.05) is 42.5 Å². The molecule has 2 nitrogen and oxygen atoms in total. The standard InChI is InChI=1S/C16H20N2/c1-2-7-16-13(4-1)5-3-6-14(16)8-9-15-12-17-10-11-18-15/h1-7,15,17-18H,8-12H2/t15-/m0/s1. The molecule has 3 rings (SSSR count). The van der Waals surface area contributed by atoms with E-state index in [-0.39, 0.29) is 0 Å².